The molecule has 1 aromatic carbocycles. The Bertz CT molecular complexity index is 752. The minimum absolute atomic E-state index is 0.109. The van der Waals surface area contributed by atoms with Crippen LogP contribution in [0.5, 0.6) is 0 Å². The Balaban J connectivity index is 1.55. The Morgan fingerprint density at radius 1 is 1.15 bits per heavy atom. The number of hydrogen-bond acceptors (Lipinski definition) is 5. The molecule has 26 heavy (non-hydrogen) atoms. The molecule has 0 N–H and O–H groups in total. The van der Waals surface area contributed by atoms with Crippen LogP contribution in [0.3, 0.4) is 0 Å². The number of benzene rings is 1. The Hall–Kier alpha value is -1.77. The summed E-state index contributed by atoms with van der Waals surface area (Å²) in [5.41, 5.74) is 0.662. The van der Waals surface area contributed by atoms with Gasteiger partial charge in [-0.1, -0.05) is 12.1 Å². The summed E-state index contributed by atoms with van der Waals surface area (Å²) >= 11 is 0. The van der Waals surface area contributed by atoms with Gasteiger partial charge in [0.05, 0.1) is 23.0 Å². The number of ether oxygens (including phenoxy) is 1. The van der Waals surface area contributed by atoms with Crippen LogP contribution in [0.1, 0.15) is 46.4 Å². The predicted octanol–water partition coefficient (Wildman–Crippen LogP) is 1.50. The minimum Gasteiger partial charge on any atom is -0.378 e. The molecule has 0 radical (unpaired) electrons. The first kappa shape index (κ1) is 19.0. The molecular formula is C18H24N2O5S. The summed E-state index contributed by atoms with van der Waals surface area (Å²) in [7, 11) is -2.02. The number of rotatable bonds is 7. The normalized spacial score (nSPS) is 20.7. The van der Waals surface area contributed by atoms with E-state index in [4.69, 9.17) is 4.74 Å². The zero-order valence-corrected chi connectivity index (χ0v) is 15.7. The van der Waals surface area contributed by atoms with E-state index >= 15 is 0 Å². The minimum atomic E-state index is -3.55. The van der Waals surface area contributed by atoms with Gasteiger partial charge < -0.3 is 4.74 Å². The average molecular weight is 380 g/mol. The van der Waals surface area contributed by atoms with Gasteiger partial charge in [-0.3, -0.25) is 14.5 Å². The van der Waals surface area contributed by atoms with Crippen molar-refractivity contribution in [3.63, 3.8) is 0 Å². The van der Waals surface area contributed by atoms with Gasteiger partial charge in [-0.25, -0.2) is 12.7 Å². The molecule has 1 unspecified atom stereocenters. The van der Waals surface area contributed by atoms with Crippen molar-refractivity contribution in [3.05, 3.63) is 35.4 Å². The van der Waals surface area contributed by atoms with Crippen LogP contribution in [-0.2, 0) is 14.8 Å². The van der Waals surface area contributed by atoms with E-state index in [0.717, 1.165) is 30.8 Å². The van der Waals surface area contributed by atoms with Gasteiger partial charge in [-0.05, 0) is 37.8 Å². The van der Waals surface area contributed by atoms with Crippen LogP contribution in [0, 0.1) is 0 Å². The summed E-state index contributed by atoms with van der Waals surface area (Å²) in [5.74, 6) is -1.14. The van der Waals surface area contributed by atoms with Crippen LogP contribution in [-0.4, -0.2) is 68.0 Å². The highest BCUT2D eigenvalue weighted by Crippen LogP contribution is 2.22. The standard InChI is InChI=1S/C18H24N2O5S/c1-19(10-9-14-6-4-5-12-25-14)26(23,24)13-11-20-17(21)15-7-2-3-8-16(15)18(20)22/h2-3,7-8,14H,4-6,9-13H2,1H3. The van der Waals surface area contributed by atoms with Gasteiger partial charge in [0, 0.05) is 26.7 Å². The summed E-state index contributed by atoms with van der Waals surface area (Å²) in [6, 6.07) is 6.54. The Morgan fingerprint density at radius 3 is 2.38 bits per heavy atom. The molecule has 2 aliphatic rings. The maximum atomic E-state index is 12.5. The summed E-state index contributed by atoms with van der Waals surface area (Å²) in [4.78, 5) is 25.6. The maximum Gasteiger partial charge on any atom is 0.261 e. The zero-order chi connectivity index (χ0) is 18.7. The summed E-state index contributed by atoms with van der Waals surface area (Å²) in [6.07, 6.45) is 3.90. The third kappa shape index (κ3) is 3.97. The summed E-state index contributed by atoms with van der Waals surface area (Å²) in [5, 5.41) is 0. The van der Waals surface area contributed by atoms with E-state index in [-0.39, 0.29) is 18.4 Å². The molecule has 0 saturated carbocycles. The van der Waals surface area contributed by atoms with Crippen molar-refractivity contribution >= 4 is 21.8 Å². The van der Waals surface area contributed by atoms with E-state index in [9.17, 15) is 18.0 Å². The van der Waals surface area contributed by atoms with E-state index in [2.05, 4.69) is 0 Å². The molecule has 1 fully saturated rings. The number of imide groups is 1. The molecule has 142 valence electrons. The number of hydrogen-bond donors (Lipinski definition) is 0. The predicted molar refractivity (Wildman–Crippen MR) is 96.4 cm³/mol. The molecule has 8 heteroatoms. The Kier molecular flexibility index (Phi) is 5.74. The van der Waals surface area contributed by atoms with Gasteiger partial charge in [-0.2, -0.15) is 0 Å². The molecule has 1 atom stereocenters. The lowest BCUT2D eigenvalue weighted by Gasteiger charge is -2.25. The quantitative estimate of drug-likeness (QED) is 0.670. The molecule has 3 rings (SSSR count). The number of amides is 2. The smallest absolute Gasteiger partial charge is 0.261 e. The van der Waals surface area contributed by atoms with Crippen LogP contribution in [0.15, 0.2) is 24.3 Å². The lowest BCUT2D eigenvalue weighted by molar-refractivity contribution is 0.00950. The van der Waals surface area contributed by atoms with Gasteiger partial charge >= 0.3 is 0 Å². The average Bonchev–Trinajstić information content (AvgIpc) is 2.90. The monoisotopic (exact) mass is 380 g/mol. The van der Waals surface area contributed by atoms with Crippen LogP contribution in [0.4, 0.5) is 0 Å². The highest BCUT2D eigenvalue weighted by atomic mass is 32.2. The molecule has 0 spiro atoms. The third-order valence-electron chi connectivity index (χ3n) is 4.97. The van der Waals surface area contributed by atoms with E-state index in [0.29, 0.717) is 24.1 Å². The lowest BCUT2D eigenvalue weighted by Crippen LogP contribution is -2.39. The van der Waals surface area contributed by atoms with Crippen LogP contribution < -0.4 is 0 Å². The molecule has 0 aromatic heterocycles. The zero-order valence-electron chi connectivity index (χ0n) is 14.9. The van der Waals surface area contributed by atoms with Crippen molar-refractivity contribution in [1.82, 2.24) is 9.21 Å². The second-order valence-electron chi connectivity index (χ2n) is 6.72. The van der Waals surface area contributed by atoms with Gasteiger partial charge in [-0.15, -0.1) is 0 Å². The number of carbonyl (C=O) groups is 2. The first-order chi connectivity index (χ1) is 12.4. The van der Waals surface area contributed by atoms with Crippen molar-refractivity contribution in [2.24, 2.45) is 0 Å². The van der Waals surface area contributed by atoms with Crippen molar-refractivity contribution in [2.75, 3.05) is 32.5 Å². The third-order valence-corrected chi connectivity index (χ3v) is 6.80. The second kappa shape index (κ2) is 7.85. The van der Waals surface area contributed by atoms with Crippen LogP contribution in [0.25, 0.3) is 0 Å². The number of fused-ring (bicyclic) bond motifs is 1. The highest BCUT2D eigenvalue weighted by Gasteiger charge is 2.36. The molecule has 2 heterocycles. The molecule has 2 aliphatic heterocycles. The molecule has 0 aliphatic carbocycles. The molecule has 1 saturated heterocycles. The number of nitrogens with zero attached hydrogens (tertiary/aromatic N) is 2. The fraction of sp³-hybridized carbons (Fsp3) is 0.556. The summed E-state index contributed by atoms with van der Waals surface area (Å²) in [6.45, 7) is 0.967. The van der Waals surface area contributed by atoms with E-state index in [1.807, 2.05) is 0 Å². The SMILES string of the molecule is CN(CCC1CCCCO1)S(=O)(=O)CCN1C(=O)c2ccccc2C1=O. The van der Waals surface area contributed by atoms with Crippen LogP contribution in [0.2, 0.25) is 0 Å². The van der Waals surface area contributed by atoms with Crippen molar-refractivity contribution in [3.8, 4) is 0 Å². The first-order valence-electron chi connectivity index (χ1n) is 8.91. The van der Waals surface area contributed by atoms with E-state index in [1.54, 1.807) is 24.3 Å². The van der Waals surface area contributed by atoms with Crippen LogP contribution >= 0.6 is 0 Å². The van der Waals surface area contributed by atoms with Gasteiger partial charge in [0.15, 0.2) is 0 Å². The second-order valence-corrected chi connectivity index (χ2v) is 8.92. The first-order valence-corrected chi connectivity index (χ1v) is 10.5. The van der Waals surface area contributed by atoms with Gasteiger partial charge in [0.25, 0.3) is 11.8 Å². The van der Waals surface area contributed by atoms with E-state index < -0.39 is 21.8 Å². The van der Waals surface area contributed by atoms with E-state index in [1.165, 1.54) is 11.4 Å². The Labute approximate surface area is 154 Å². The fourth-order valence-corrected chi connectivity index (χ4v) is 4.41. The number of carbonyl (C=O) groups excluding carboxylic acids is 2. The fourth-order valence-electron chi connectivity index (χ4n) is 3.30. The lowest BCUT2D eigenvalue weighted by atomic mass is 10.1. The number of sulfonamides is 1. The van der Waals surface area contributed by atoms with Crippen molar-refractivity contribution < 1.29 is 22.7 Å². The van der Waals surface area contributed by atoms with Crippen molar-refractivity contribution in [1.29, 1.82) is 0 Å². The Morgan fingerprint density at radius 2 is 1.81 bits per heavy atom. The van der Waals surface area contributed by atoms with Gasteiger partial charge in [0.2, 0.25) is 10.0 Å². The molecule has 2 amide bonds. The van der Waals surface area contributed by atoms with Crippen molar-refractivity contribution in [2.45, 2.75) is 31.8 Å². The topological polar surface area (TPSA) is 84.0 Å². The summed E-state index contributed by atoms with van der Waals surface area (Å²) < 4.78 is 31.9. The highest BCUT2D eigenvalue weighted by molar-refractivity contribution is 7.89. The largest absolute Gasteiger partial charge is 0.378 e. The molecular weight excluding hydrogens is 356 g/mol. The molecule has 7 nitrogen and oxygen atoms in total. The van der Waals surface area contributed by atoms with Gasteiger partial charge in [0.1, 0.15) is 0 Å². The molecule has 1 aromatic rings. The molecule has 0 bridgehead atoms. The maximum absolute atomic E-state index is 12.5.